The van der Waals surface area contributed by atoms with Crippen LogP contribution < -0.4 is 10.2 Å². The monoisotopic (exact) mass is 313 g/mol. The van der Waals surface area contributed by atoms with Crippen LogP contribution >= 0.6 is 0 Å². The number of carbonyl (C=O) groups excluding carboxylic acids is 2. The molecule has 0 radical (unpaired) electrons. The van der Waals surface area contributed by atoms with Crippen molar-refractivity contribution in [2.24, 2.45) is 5.92 Å². The molecular weight excluding hydrogens is 294 g/mol. The first-order valence-electron chi connectivity index (χ1n) is 7.60. The van der Waals surface area contributed by atoms with Crippen LogP contribution in [-0.2, 0) is 9.59 Å². The van der Waals surface area contributed by atoms with Gasteiger partial charge in [-0.2, -0.15) is 5.10 Å². The van der Waals surface area contributed by atoms with Crippen molar-refractivity contribution in [2.45, 2.75) is 26.3 Å². The SMILES string of the molecule is CC(C)n1cc(N2C[C@H](C(=O)Nc3ccncc3)CC2=O)cn1. The molecule has 120 valence electrons. The van der Waals surface area contributed by atoms with Gasteiger partial charge in [0.15, 0.2) is 0 Å². The van der Waals surface area contributed by atoms with Gasteiger partial charge in [-0.3, -0.25) is 19.3 Å². The third-order valence-corrected chi connectivity index (χ3v) is 3.87. The summed E-state index contributed by atoms with van der Waals surface area (Å²) in [5, 5.41) is 7.07. The Morgan fingerprint density at radius 1 is 1.35 bits per heavy atom. The second kappa shape index (κ2) is 6.20. The van der Waals surface area contributed by atoms with E-state index in [2.05, 4.69) is 15.4 Å². The minimum Gasteiger partial charge on any atom is -0.326 e. The largest absolute Gasteiger partial charge is 0.326 e. The maximum Gasteiger partial charge on any atom is 0.229 e. The molecule has 2 aromatic rings. The van der Waals surface area contributed by atoms with E-state index in [9.17, 15) is 9.59 Å². The van der Waals surface area contributed by atoms with Gasteiger partial charge in [-0.25, -0.2) is 0 Å². The van der Waals surface area contributed by atoms with E-state index in [4.69, 9.17) is 0 Å². The summed E-state index contributed by atoms with van der Waals surface area (Å²) in [6.07, 6.45) is 6.95. The summed E-state index contributed by atoms with van der Waals surface area (Å²) < 4.78 is 1.80. The zero-order valence-electron chi connectivity index (χ0n) is 13.1. The van der Waals surface area contributed by atoms with Crippen molar-refractivity contribution in [1.82, 2.24) is 14.8 Å². The molecule has 0 spiro atoms. The first-order valence-corrected chi connectivity index (χ1v) is 7.60. The van der Waals surface area contributed by atoms with Gasteiger partial charge in [0.1, 0.15) is 0 Å². The lowest BCUT2D eigenvalue weighted by Crippen LogP contribution is -2.27. The fourth-order valence-electron chi connectivity index (χ4n) is 2.56. The second-order valence-electron chi connectivity index (χ2n) is 5.90. The summed E-state index contributed by atoms with van der Waals surface area (Å²) in [5.41, 5.74) is 1.42. The second-order valence-corrected chi connectivity index (χ2v) is 5.90. The van der Waals surface area contributed by atoms with Crippen molar-refractivity contribution in [2.75, 3.05) is 16.8 Å². The van der Waals surface area contributed by atoms with Gasteiger partial charge >= 0.3 is 0 Å². The van der Waals surface area contributed by atoms with E-state index < -0.39 is 0 Å². The number of anilines is 2. The summed E-state index contributed by atoms with van der Waals surface area (Å²) in [4.78, 5) is 30.1. The molecule has 1 atom stereocenters. The molecule has 7 nitrogen and oxygen atoms in total. The van der Waals surface area contributed by atoms with Crippen LogP contribution in [0.5, 0.6) is 0 Å². The van der Waals surface area contributed by atoms with E-state index in [0.29, 0.717) is 12.2 Å². The number of nitrogens with zero attached hydrogens (tertiary/aromatic N) is 4. The van der Waals surface area contributed by atoms with Gasteiger partial charge in [0.25, 0.3) is 0 Å². The van der Waals surface area contributed by atoms with Crippen molar-refractivity contribution < 1.29 is 9.59 Å². The zero-order valence-corrected chi connectivity index (χ0v) is 13.1. The zero-order chi connectivity index (χ0) is 16.4. The molecule has 0 aromatic carbocycles. The van der Waals surface area contributed by atoms with E-state index in [1.54, 1.807) is 40.3 Å². The van der Waals surface area contributed by atoms with Crippen molar-refractivity contribution in [1.29, 1.82) is 0 Å². The molecule has 0 aliphatic carbocycles. The van der Waals surface area contributed by atoms with Gasteiger partial charge < -0.3 is 10.2 Å². The standard InChI is InChI=1S/C16H19N5O2/c1-11(2)21-10-14(8-18-21)20-9-12(7-15(20)22)16(23)19-13-3-5-17-6-4-13/h3-6,8,10-12H,7,9H2,1-2H3,(H,17,19,23)/t12-/m1/s1. The first kappa shape index (κ1) is 15.2. The van der Waals surface area contributed by atoms with Crippen LogP contribution in [-0.4, -0.2) is 33.1 Å². The van der Waals surface area contributed by atoms with Gasteiger partial charge in [0.2, 0.25) is 11.8 Å². The minimum absolute atomic E-state index is 0.0526. The Morgan fingerprint density at radius 2 is 2.09 bits per heavy atom. The van der Waals surface area contributed by atoms with Crippen molar-refractivity contribution >= 4 is 23.2 Å². The lowest BCUT2D eigenvalue weighted by Gasteiger charge is -2.14. The van der Waals surface area contributed by atoms with E-state index in [-0.39, 0.29) is 30.2 Å². The number of hydrogen-bond acceptors (Lipinski definition) is 4. The minimum atomic E-state index is -0.363. The van der Waals surface area contributed by atoms with E-state index in [1.807, 2.05) is 20.0 Å². The van der Waals surface area contributed by atoms with Gasteiger partial charge in [0, 0.05) is 43.3 Å². The lowest BCUT2D eigenvalue weighted by molar-refractivity contribution is -0.122. The highest BCUT2D eigenvalue weighted by Crippen LogP contribution is 2.26. The quantitative estimate of drug-likeness (QED) is 0.934. The van der Waals surface area contributed by atoms with Gasteiger partial charge in [-0.15, -0.1) is 0 Å². The lowest BCUT2D eigenvalue weighted by atomic mass is 10.1. The molecule has 0 unspecified atom stereocenters. The molecule has 1 aliphatic heterocycles. The highest BCUT2D eigenvalue weighted by molar-refractivity contribution is 6.03. The maximum absolute atomic E-state index is 12.3. The average Bonchev–Trinajstić information content (AvgIpc) is 3.14. The van der Waals surface area contributed by atoms with Crippen molar-refractivity contribution in [3.63, 3.8) is 0 Å². The number of amides is 2. The Morgan fingerprint density at radius 3 is 2.74 bits per heavy atom. The van der Waals surface area contributed by atoms with Crippen LogP contribution in [0.1, 0.15) is 26.3 Å². The highest BCUT2D eigenvalue weighted by Gasteiger charge is 2.35. The van der Waals surface area contributed by atoms with E-state index in [1.165, 1.54) is 0 Å². The fraction of sp³-hybridized carbons (Fsp3) is 0.375. The Kier molecular flexibility index (Phi) is 4.10. The normalized spacial score (nSPS) is 17.8. The molecular formula is C16H19N5O2. The topological polar surface area (TPSA) is 80.1 Å². The fourth-order valence-corrected chi connectivity index (χ4v) is 2.56. The molecule has 1 fully saturated rings. The Bertz CT molecular complexity index is 710. The van der Waals surface area contributed by atoms with Gasteiger partial charge in [-0.05, 0) is 26.0 Å². The third kappa shape index (κ3) is 3.23. The summed E-state index contributed by atoms with van der Waals surface area (Å²) in [6.45, 7) is 4.42. The van der Waals surface area contributed by atoms with Crippen LogP contribution in [0, 0.1) is 5.92 Å². The molecule has 3 rings (SSSR count). The van der Waals surface area contributed by atoms with Crippen LogP contribution in [0.25, 0.3) is 0 Å². The third-order valence-electron chi connectivity index (χ3n) is 3.87. The predicted molar refractivity (Wildman–Crippen MR) is 85.9 cm³/mol. The molecule has 0 saturated carbocycles. The number of carbonyl (C=O) groups is 2. The van der Waals surface area contributed by atoms with E-state index in [0.717, 1.165) is 5.69 Å². The number of aromatic nitrogens is 3. The molecule has 1 saturated heterocycles. The van der Waals surface area contributed by atoms with Crippen molar-refractivity contribution in [3.8, 4) is 0 Å². The van der Waals surface area contributed by atoms with E-state index >= 15 is 0 Å². The Hall–Kier alpha value is -2.70. The molecule has 23 heavy (non-hydrogen) atoms. The Balaban J connectivity index is 1.68. The number of pyridine rings is 1. The predicted octanol–water partition coefficient (Wildman–Crippen LogP) is 1.85. The van der Waals surface area contributed by atoms with Gasteiger partial charge in [0.05, 0.1) is 17.8 Å². The molecule has 1 aliphatic rings. The molecule has 1 N–H and O–H groups in total. The van der Waals surface area contributed by atoms with Crippen LogP contribution in [0.15, 0.2) is 36.9 Å². The summed E-state index contributed by atoms with van der Waals surface area (Å²) in [7, 11) is 0. The highest BCUT2D eigenvalue weighted by atomic mass is 16.2. The Labute approximate surface area is 134 Å². The number of nitrogens with one attached hydrogen (secondary N) is 1. The maximum atomic E-state index is 12.3. The molecule has 0 bridgehead atoms. The number of rotatable bonds is 4. The van der Waals surface area contributed by atoms with Gasteiger partial charge in [-0.1, -0.05) is 0 Å². The van der Waals surface area contributed by atoms with Crippen LogP contribution in [0.2, 0.25) is 0 Å². The molecule has 3 heterocycles. The molecule has 2 aromatic heterocycles. The first-order chi connectivity index (χ1) is 11.0. The molecule has 2 amide bonds. The smallest absolute Gasteiger partial charge is 0.229 e. The van der Waals surface area contributed by atoms with Crippen LogP contribution in [0.3, 0.4) is 0 Å². The van der Waals surface area contributed by atoms with Crippen molar-refractivity contribution in [3.05, 3.63) is 36.9 Å². The summed E-state index contributed by atoms with van der Waals surface area (Å²) >= 11 is 0. The summed E-state index contributed by atoms with van der Waals surface area (Å²) in [5.74, 6) is -0.565. The summed E-state index contributed by atoms with van der Waals surface area (Å²) in [6, 6.07) is 3.67. The average molecular weight is 313 g/mol. The van der Waals surface area contributed by atoms with Crippen LogP contribution in [0.4, 0.5) is 11.4 Å². The molecule has 7 heteroatoms. The number of hydrogen-bond donors (Lipinski definition) is 1.